The summed E-state index contributed by atoms with van der Waals surface area (Å²) >= 11 is 8.02. The second-order valence-corrected chi connectivity index (χ2v) is 3.85. The summed E-state index contributed by atoms with van der Waals surface area (Å²) < 4.78 is 5.71. The Labute approximate surface area is 99.6 Å². The Morgan fingerprint density at radius 3 is 2.93 bits per heavy atom. The molecular weight excluding hydrogens is 314 g/mol. The Morgan fingerprint density at radius 2 is 2.29 bits per heavy atom. The van der Waals surface area contributed by atoms with Gasteiger partial charge in [0.2, 0.25) is 11.7 Å². The zero-order valence-corrected chi connectivity index (χ0v) is 9.99. The topological polar surface area (TPSA) is 38.9 Å². The molecule has 0 N–H and O–H groups in total. The average Bonchev–Trinajstić information content (AvgIpc) is 2.66. The number of aromatic nitrogens is 2. The first-order valence-corrected chi connectivity index (χ1v) is 5.84. The summed E-state index contributed by atoms with van der Waals surface area (Å²) in [7, 11) is 0. The van der Waals surface area contributed by atoms with Gasteiger partial charge in [-0.15, -0.1) is 0 Å². The third kappa shape index (κ3) is 2.06. The highest BCUT2D eigenvalue weighted by molar-refractivity contribution is 14.1. The van der Waals surface area contributed by atoms with Crippen LogP contribution in [0.4, 0.5) is 0 Å². The summed E-state index contributed by atoms with van der Waals surface area (Å²) in [5.41, 5.74) is 0.873. The van der Waals surface area contributed by atoms with Crippen molar-refractivity contribution < 1.29 is 4.52 Å². The molecule has 1 aromatic heterocycles. The lowest BCUT2D eigenvalue weighted by Crippen LogP contribution is -1.80. The molecule has 1 aromatic carbocycles. The minimum absolute atomic E-state index is 0.583. The lowest BCUT2D eigenvalue weighted by molar-refractivity contribution is 0.393. The summed E-state index contributed by atoms with van der Waals surface area (Å²) in [6.45, 7) is 0. The number of rotatable bonds is 2. The van der Waals surface area contributed by atoms with Crippen molar-refractivity contribution in [3.05, 3.63) is 35.2 Å². The summed E-state index contributed by atoms with van der Waals surface area (Å²) in [5, 5.41) is 4.52. The van der Waals surface area contributed by atoms with Crippen molar-refractivity contribution in [1.29, 1.82) is 0 Å². The monoisotopic (exact) mass is 320 g/mol. The predicted octanol–water partition coefficient (Wildman–Crippen LogP) is 3.33. The molecule has 5 heteroatoms. The number of benzene rings is 1. The van der Waals surface area contributed by atoms with Crippen molar-refractivity contribution in [3.63, 3.8) is 0 Å². The van der Waals surface area contributed by atoms with Crippen LogP contribution in [0, 0.1) is 0 Å². The Hall–Kier alpha value is -0.620. The number of nitrogens with zero attached hydrogens (tertiary/aromatic N) is 2. The molecule has 0 aliphatic carbocycles. The fourth-order valence-corrected chi connectivity index (χ4v) is 1.55. The molecule has 0 aliphatic heterocycles. The highest BCUT2D eigenvalue weighted by Crippen LogP contribution is 2.20. The Morgan fingerprint density at radius 1 is 1.43 bits per heavy atom. The molecule has 0 bridgehead atoms. The molecule has 0 radical (unpaired) electrons. The van der Waals surface area contributed by atoms with Crippen molar-refractivity contribution in [2.24, 2.45) is 0 Å². The van der Waals surface area contributed by atoms with Gasteiger partial charge in [-0.05, 0) is 12.1 Å². The van der Waals surface area contributed by atoms with E-state index in [1.165, 1.54) is 0 Å². The van der Waals surface area contributed by atoms with E-state index in [0.717, 1.165) is 5.56 Å². The maximum Gasteiger partial charge on any atom is 0.236 e. The first-order chi connectivity index (χ1) is 6.79. The molecule has 0 aliphatic rings. The van der Waals surface area contributed by atoms with Gasteiger partial charge in [-0.2, -0.15) is 4.98 Å². The van der Waals surface area contributed by atoms with Gasteiger partial charge in [0.15, 0.2) is 0 Å². The van der Waals surface area contributed by atoms with E-state index < -0.39 is 0 Å². The lowest BCUT2D eigenvalue weighted by atomic mass is 10.2. The van der Waals surface area contributed by atoms with Gasteiger partial charge < -0.3 is 4.52 Å². The minimum atomic E-state index is 0.583. The number of hydrogen-bond donors (Lipinski definition) is 0. The second-order valence-electron chi connectivity index (χ2n) is 2.66. The Balaban J connectivity index is 2.39. The van der Waals surface area contributed by atoms with Crippen LogP contribution in [0.2, 0.25) is 5.02 Å². The van der Waals surface area contributed by atoms with Gasteiger partial charge in [-0.3, -0.25) is 0 Å². The van der Waals surface area contributed by atoms with Gasteiger partial charge in [0.25, 0.3) is 0 Å². The van der Waals surface area contributed by atoms with Crippen molar-refractivity contribution in [3.8, 4) is 11.4 Å². The van der Waals surface area contributed by atoms with Crippen LogP contribution in [0.5, 0.6) is 0 Å². The third-order valence-corrected chi connectivity index (χ3v) is 2.55. The van der Waals surface area contributed by atoms with Crippen LogP contribution in [0.3, 0.4) is 0 Å². The van der Waals surface area contributed by atoms with E-state index in [1.807, 2.05) is 24.3 Å². The Kier molecular flexibility index (Phi) is 3.02. The van der Waals surface area contributed by atoms with E-state index in [9.17, 15) is 0 Å². The minimum Gasteiger partial charge on any atom is -0.338 e. The van der Waals surface area contributed by atoms with Crippen LogP contribution < -0.4 is 0 Å². The molecule has 3 nitrogen and oxygen atoms in total. The third-order valence-electron chi connectivity index (χ3n) is 1.67. The zero-order chi connectivity index (χ0) is 9.97. The average molecular weight is 321 g/mol. The molecule has 2 rings (SSSR count). The molecule has 1 heterocycles. The first kappa shape index (κ1) is 9.92. The number of hydrogen-bond acceptors (Lipinski definition) is 3. The van der Waals surface area contributed by atoms with Gasteiger partial charge in [-0.1, -0.05) is 51.5 Å². The molecule has 72 valence electrons. The molecule has 0 atom stereocenters. The van der Waals surface area contributed by atoms with E-state index in [1.54, 1.807) is 0 Å². The molecule has 0 fully saturated rings. The van der Waals surface area contributed by atoms with Gasteiger partial charge >= 0.3 is 0 Å². The largest absolute Gasteiger partial charge is 0.338 e. The van der Waals surface area contributed by atoms with Gasteiger partial charge in [0, 0.05) is 10.6 Å². The molecule has 14 heavy (non-hydrogen) atoms. The van der Waals surface area contributed by atoms with Crippen molar-refractivity contribution >= 4 is 34.2 Å². The van der Waals surface area contributed by atoms with Crippen LogP contribution in [0.15, 0.2) is 28.8 Å². The first-order valence-electron chi connectivity index (χ1n) is 3.94. The van der Waals surface area contributed by atoms with Gasteiger partial charge in [0.05, 0.1) is 4.43 Å². The lowest BCUT2D eigenvalue weighted by Gasteiger charge is -1.93. The van der Waals surface area contributed by atoms with Gasteiger partial charge in [0.1, 0.15) is 0 Å². The predicted molar refractivity (Wildman–Crippen MR) is 62.5 cm³/mol. The molecule has 0 amide bonds. The molecule has 0 saturated carbocycles. The number of alkyl halides is 1. The second kappa shape index (κ2) is 4.27. The van der Waals surface area contributed by atoms with Crippen LogP contribution in [0.25, 0.3) is 11.4 Å². The quantitative estimate of drug-likeness (QED) is 0.629. The van der Waals surface area contributed by atoms with Crippen molar-refractivity contribution in [2.45, 2.75) is 4.43 Å². The van der Waals surface area contributed by atoms with Crippen LogP contribution >= 0.6 is 34.2 Å². The summed E-state index contributed by atoms with van der Waals surface area (Å²) in [4.78, 5) is 4.20. The zero-order valence-electron chi connectivity index (χ0n) is 7.08. The summed E-state index contributed by atoms with van der Waals surface area (Å²) in [5.74, 6) is 1.21. The number of halogens is 2. The molecule has 0 saturated heterocycles. The Bertz CT molecular complexity index is 444. The van der Waals surface area contributed by atoms with Crippen molar-refractivity contribution in [1.82, 2.24) is 10.1 Å². The van der Waals surface area contributed by atoms with Crippen LogP contribution in [-0.4, -0.2) is 10.1 Å². The molecular formula is C9H6ClIN2O. The van der Waals surface area contributed by atoms with Gasteiger partial charge in [-0.25, -0.2) is 0 Å². The highest BCUT2D eigenvalue weighted by Gasteiger charge is 2.07. The molecule has 2 aromatic rings. The maximum absolute atomic E-state index is 5.85. The fourth-order valence-electron chi connectivity index (χ4n) is 1.05. The summed E-state index contributed by atoms with van der Waals surface area (Å²) in [6, 6.07) is 7.37. The maximum atomic E-state index is 5.85. The van der Waals surface area contributed by atoms with E-state index >= 15 is 0 Å². The van der Waals surface area contributed by atoms with E-state index in [2.05, 4.69) is 32.7 Å². The van der Waals surface area contributed by atoms with Crippen molar-refractivity contribution in [2.75, 3.05) is 0 Å². The highest BCUT2D eigenvalue weighted by atomic mass is 127. The molecule has 0 unspecified atom stereocenters. The SMILES string of the molecule is Clc1cccc(-c2noc(CI)n2)c1. The van der Waals surface area contributed by atoms with E-state index in [-0.39, 0.29) is 0 Å². The molecule has 0 spiro atoms. The van der Waals surface area contributed by atoms with Crippen LogP contribution in [-0.2, 0) is 4.43 Å². The normalized spacial score (nSPS) is 10.4. The van der Waals surface area contributed by atoms with Crippen LogP contribution in [0.1, 0.15) is 5.89 Å². The fraction of sp³-hybridized carbons (Fsp3) is 0.111. The standard InChI is InChI=1S/C9H6ClIN2O/c10-7-3-1-2-6(4-7)9-12-8(5-11)14-13-9/h1-4H,5H2. The van der Waals surface area contributed by atoms with E-state index in [0.29, 0.717) is 21.2 Å². The van der Waals surface area contributed by atoms with E-state index in [4.69, 9.17) is 16.1 Å². The summed E-state index contributed by atoms with van der Waals surface area (Å²) in [6.07, 6.45) is 0. The smallest absolute Gasteiger partial charge is 0.236 e.